The third-order valence-corrected chi connectivity index (χ3v) is 5.06. The molecule has 0 aliphatic heterocycles. The van der Waals surface area contributed by atoms with Gasteiger partial charge in [0.25, 0.3) is 5.56 Å². The van der Waals surface area contributed by atoms with Crippen molar-refractivity contribution in [2.45, 2.75) is 46.1 Å². The lowest BCUT2D eigenvalue weighted by Gasteiger charge is -2.11. The molecular formula is C22H23BrClN3O2. The first kappa shape index (κ1) is 21.5. The standard InChI is InChI=1S/C22H23BrClN3O2/c1-4-5-6-21-26-19-9-8-16(23)12-17(19)22(28)27(21)25-13-15-7-10-20(18(24)11-15)29-14(2)3/h7-14H,4-6H2,1-3H3. The van der Waals surface area contributed by atoms with E-state index >= 15 is 0 Å². The van der Waals surface area contributed by atoms with Crippen LogP contribution < -0.4 is 10.3 Å². The Morgan fingerprint density at radius 1 is 1.28 bits per heavy atom. The van der Waals surface area contributed by atoms with Gasteiger partial charge in [-0.1, -0.05) is 40.9 Å². The van der Waals surface area contributed by atoms with E-state index in [0.717, 1.165) is 22.9 Å². The minimum absolute atomic E-state index is 0.0368. The van der Waals surface area contributed by atoms with Gasteiger partial charge >= 0.3 is 0 Å². The van der Waals surface area contributed by atoms with Crippen LogP contribution in [0.3, 0.4) is 0 Å². The van der Waals surface area contributed by atoms with Crippen LogP contribution in [0.25, 0.3) is 10.9 Å². The highest BCUT2D eigenvalue weighted by Gasteiger charge is 2.11. The topological polar surface area (TPSA) is 56.5 Å². The molecule has 0 saturated heterocycles. The number of aromatic nitrogens is 2. The van der Waals surface area contributed by atoms with Gasteiger partial charge in [0.1, 0.15) is 11.6 Å². The highest BCUT2D eigenvalue weighted by molar-refractivity contribution is 9.10. The maximum absolute atomic E-state index is 13.1. The Hall–Kier alpha value is -2.18. The lowest BCUT2D eigenvalue weighted by Crippen LogP contribution is -2.22. The zero-order valence-electron chi connectivity index (χ0n) is 16.7. The Morgan fingerprint density at radius 3 is 2.76 bits per heavy atom. The number of hydrogen-bond acceptors (Lipinski definition) is 4. The third-order valence-electron chi connectivity index (χ3n) is 4.27. The summed E-state index contributed by atoms with van der Waals surface area (Å²) in [6.45, 7) is 5.99. The van der Waals surface area contributed by atoms with Crippen LogP contribution in [0.4, 0.5) is 0 Å². The molecule has 1 aromatic heterocycles. The van der Waals surface area contributed by atoms with E-state index in [0.29, 0.717) is 33.9 Å². The smallest absolute Gasteiger partial charge is 0.282 e. The average Bonchev–Trinajstić information content (AvgIpc) is 2.68. The summed E-state index contributed by atoms with van der Waals surface area (Å²) in [5.41, 5.74) is 1.26. The molecule has 2 aromatic carbocycles. The SMILES string of the molecule is CCCCc1nc2ccc(Br)cc2c(=O)n1N=Cc1ccc(OC(C)C)c(Cl)c1. The lowest BCUT2D eigenvalue weighted by atomic mass is 10.2. The number of unbranched alkanes of at least 4 members (excludes halogenated alkanes) is 1. The molecule has 0 atom stereocenters. The molecule has 152 valence electrons. The fourth-order valence-corrected chi connectivity index (χ4v) is 3.48. The van der Waals surface area contributed by atoms with Gasteiger partial charge in [-0.3, -0.25) is 4.79 Å². The van der Waals surface area contributed by atoms with Crippen LogP contribution in [0.2, 0.25) is 5.02 Å². The van der Waals surface area contributed by atoms with Crippen molar-refractivity contribution >= 4 is 44.6 Å². The van der Waals surface area contributed by atoms with E-state index in [1.807, 2.05) is 32.0 Å². The van der Waals surface area contributed by atoms with Gasteiger partial charge in [-0.05, 0) is 62.2 Å². The molecule has 0 saturated carbocycles. The molecule has 0 N–H and O–H groups in total. The Bertz CT molecular complexity index is 1110. The minimum Gasteiger partial charge on any atom is -0.489 e. The number of rotatable bonds is 7. The summed E-state index contributed by atoms with van der Waals surface area (Å²) in [6.07, 6.45) is 4.27. The molecule has 0 radical (unpaired) electrons. The van der Waals surface area contributed by atoms with Crippen molar-refractivity contribution < 1.29 is 4.74 Å². The number of fused-ring (bicyclic) bond motifs is 1. The van der Waals surface area contributed by atoms with Crippen LogP contribution in [0.1, 0.15) is 45.0 Å². The molecule has 1 heterocycles. The predicted octanol–water partition coefficient (Wildman–Crippen LogP) is 5.82. The normalized spacial score (nSPS) is 11.7. The summed E-state index contributed by atoms with van der Waals surface area (Å²) in [5, 5.41) is 5.47. The minimum atomic E-state index is -0.190. The van der Waals surface area contributed by atoms with Crippen LogP contribution in [0.5, 0.6) is 5.75 Å². The lowest BCUT2D eigenvalue weighted by molar-refractivity contribution is 0.242. The largest absolute Gasteiger partial charge is 0.489 e. The maximum atomic E-state index is 13.1. The first-order valence-electron chi connectivity index (χ1n) is 9.60. The van der Waals surface area contributed by atoms with E-state index < -0.39 is 0 Å². The first-order chi connectivity index (χ1) is 13.9. The molecular weight excluding hydrogens is 454 g/mol. The highest BCUT2D eigenvalue weighted by atomic mass is 79.9. The number of ether oxygens (including phenoxy) is 1. The summed E-state index contributed by atoms with van der Waals surface area (Å²) in [7, 11) is 0. The van der Waals surface area contributed by atoms with Gasteiger partial charge in [-0.25, -0.2) is 4.98 Å². The fraction of sp³-hybridized carbons (Fsp3) is 0.318. The second-order valence-electron chi connectivity index (χ2n) is 7.01. The molecule has 29 heavy (non-hydrogen) atoms. The number of halogens is 2. The number of aryl methyl sites for hydroxylation is 1. The van der Waals surface area contributed by atoms with E-state index in [1.165, 1.54) is 4.68 Å². The Labute approximate surface area is 183 Å². The monoisotopic (exact) mass is 475 g/mol. The quantitative estimate of drug-likeness (QED) is 0.403. The summed E-state index contributed by atoms with van der Waals surface area (Å²) in [6, 6.07) is 10.9. The predicted molar refractivity (Wildman–Crippen MR) is 123 cm³/mol. The van der Waals surface area contributed by atoms with Gasteiger partial charge in [0.15, 0.2) is 0 Å². The molecule has 3 rings (SSSR count). The molecule has 0 aliphatic carbocycles. The van der Waals surface area contributed by atoms with Gasteiger partial charge in [0, 0.05) is 10.9 Å². The van der Waals surface area contributed by atoms with Crippen molar-refractivity contribution in [3.8, 4) is 5.75 Å². The van der Waals surface area contributed by atoms with Crippen molar-refractivity contribution in [1.29, 1.82) is 0 Å². The van der Waals surface area contributed by atoms with Crippen LogP contribution in [-0.4, -0.2) is 22.0 Å². The summed E-state index contributed by atoms with van der Waals surface area (Å²) < 4.78 is 7.87. The molecule has 0 bridgehead atoms. The molecule has 0 spiro atoms. The van der Waals surface area contributed by atoms with Crippen LogP contribution in [0, 0.1) is 0 Å². The van der Waals surface area contributed by atoms with Gasteiger partial charge in [-0.2, -0.15) is 9.78 Å². The molecule has 5 nitrogen and oxygen atoms in total. The molecule has 3 aromatic rings. The molecule has 0 aliphatic rings. The number of benzene rings is 2. The van der Waals surface area contributed by atoms with E-state index in [4.69, 9.17) is 16.3 Å². The molecule has 0 amide bonds. The third kappa shape index (κ3) is 5.25. The first-order valence-corrected chi connectivity index (χ1v) is 10.8. The summed E-state index contributed by atoms with van der Waals surface area (Å²) in [5.74, 6) is 1.27. The second kappa shape index (κ2) is 9.55. The van der Waals surface area contributed by atoms with Crippen LogP contribution in [-0.2, 0) is 6.42 Å². The highest BCUT2D eigenvalue weighted by Crippen LogP contribution is 2.26. The van der Waals surface area contributed by atoms with Crippen molar-refractivity contribution in [1.82, 2.24) is 9.66 Å². The molecule has 0 unspecified atom stereocenters. The van der Waals surface area contributed by atoms with Gasteiger partial charge < -0.3 is 4.74 Å². The van der Waals surface area contributed by atoms with Crippen LogP contribution >= 0.6 is 27.5 Å². The number of hydrogen-bond donors (Lipinski definition) is 0. The van der Waals surface area contributed by atoms with Crippen molar-refractivity contribution in [2.24, 2.45) is 5.10 Å². The van der Waals surface area contributed by atoms with E-state index in [-0.39, 0.29) is 11.7 Å². The average molecular weight is 477 g/mol. The van der Waals surface area contributed by atoms with E-state index in [2.05, 4.69) is 32.9 Å². The fourth-order valence-electron chi connectivity index (χ4n) is 2.88. The Balaban J connectivity index is 2.02. The van der Waals surface area contributed by atoms with Gasteiger partial charge in [0.05, 0.1) is 28.2 Å². The zero-order valence-corrected chi connectivity index (χ0v) is 19.0. The molecule has 0 fully saturated rings. The van der Waals surface area contributed by atoms with Gasteiger partial charge in [0.2, 0.25) is 0 Å². The van der Waals surface area contributed by atoms with Crippen LogP contribution in [0.15, 0.2) is 50.8 Å². The summed E-state index contributed by atoms with van der Waals surface area (Å²) in [4.78, 5) is 17.7. The Morgan fingerprint density at radius 2 is 2.07 bits per heavy atom. The van der Waals surface area contributed by atoms with Crippen molar-refractivity contribution in [3.05, 3.63) is 67.6 Å². The number of nitrogens with zero attached hydrogens (tertiary/aromatic N) is 3. The summed E-state index contributed by atoms with van der Waals surface area (Å²) >= 11 is 9.73. The molecule has 7 heteroatoms. The van der Waals surface area contributed by atoms with Gasteiger partial charge in [-0.15, -0.1) is 0 Å². The van der Waals surface area contributed by atoms with E-state index in [1.54, 1.807) is 24.4 Å². The van der Waals surface area contributed by atoms with E-state index in [9.17, 15) is 4.79 Å². The maximum Gasteiger partial charge on any atom is 0.282 e. The van der Waals surface area contributed by atoms with Crippen molar-refractivity contribution in [2.75, 3.05) is 0 Å². The van der Waals surface area contributed by atoms with Crippen molar-refractivity contribution in [3.63, 3.8) is 0 Å². The zero-order chi connectivity index (χ0) is 21.0. The second-order valence-corrected chi connectivity index (χ2v) is 8.33. The Kier molecular flexibility index (Phi) is 7.09.